The second-order valence-corrected chi connectivity index (χ2v) is 5.27. The lowest BCUT2D eigenvalue weighted by molar-refractivity contribution is -0.147. The monoisotopic (exact) mass is 316 g/mol. The number of ether oxygens (including phenoxy) is 1. The van der Waals surface area contributed by atoms with Gasteiger partial charge in [-0.05, 0) is 30.7 Å². The van der Waals surface area contributed by atoms with Crippen molar-refractivity contribution in [2.45, 2.75) is 13.0 Å². The lowest BCUT2D eigenvalue weighted by atomic mass is 10.0. The minimum Gasteiger partial charge on any atom is -0.480 e. The largest absolute Gasteiger partial charge is 0.480 e. The number of nitrogens with zero attached hydrogens (tertiary/aromatic N) is 4. The zero-order chi connectivity index (χ0) is 16.4. The molecule has 1 aliphatic rings. The highest BCUT2D eigenvalue weighted by Crippen LogP contribution is 2.18. The minimum atomic E-state index is -1.06. The Labute approximate surface area is 132 Å². The maximum Gasteiger partial charge on any atom is 0.328 e. The molecule has 2 heterocycles. The molecule has 1 atom stereocenters. The van der Waals surface area contributed by atoms with Gasteiger partial charge in [-0.3, -0.25) is 4.79 Å². The predicted molar refractivity (Wildman–Crippen MR) is 79.4 cm³/mol. The standard InChI is InChI=1S/C15H16N4O4/c1-10-6-11(19-9-16-8-17-19)2-3-12(10)14(20)18-4-5-23-7-13(18)15(21)22/h2-3,6,8-9,13H,4-5,7H2,1H3,(H,21,22)/t13-/m1/s1. The summed E-state index contributed by atoms with van der Waals surface area (Å²) in [5.74, 6) is -1.36. The van der Waals surface area contributed by atoms with Gasteiger partial charge in [0.2, 0.25) is 0 Å². The van der Waals surface area contributed by atoms with Crippen molar-refractivity contribution in [1.29, 1.82) is 0 Å². The number of hydrogen-bond acceptors (Lipinski definition) is 5. The van der Waals surface area contributed by atoms with Crippen LogP contribution in [-0.2, 0) is 9.53 Å². The summed E-state index contributed by atoms with van der Waals surface area (Å²) in [5, 5.41) is 13.3. The summed E-state index contributed by atoms with van der Waals surface area (Å²) in [4.78, 5) is 29.2. The summed E-state index contributed by atoms with van der Waals surface area (Å²) in [6.07, 6.45) is 3.00. The van der Waals surface area contributed by atoms with Gasteiger partial charge in [-0.25, -0.2) is 14.5 Å². The Bertz CT molecular complexity index is 729. The lowest BCUT2D eigenvalue weighted by Gasteiger charge is -2.33. The van der Waals surface area contributed by atoms with Gasteiger partial charge < -0.3 is 14.7 Å². The first-order chi connectivity index (χ1) is 11.1. The molecule has 2 aromatic rings. The highest BCUT2D eigenvalue weighted by atomic mass is 16.5. The Morgan fingerprint density at radius 2 is 2.22 bits per heavy atom. The number of aliphatic carboxylic acids is 1. The molecule has 1 N–H and O–H groups in total. The Morgan fingerprint density at radius 1 is 1.39 bits per heavy atom. The van der Waals surface area contributed by atoms with Gasteiger partial charge in [0.1, 0.15) is 12.7 Å². The molecule has 1 amide bonds. The van der Waals surface area contributed by atoms with Crippen LogP contribution in [0.4, 0.5) is 0 Å². The van der Waals surface area contributed by atoms with Crippen LogP contribution in [0.2, 0.25) is 0 Å². The maximum absolute atomic E-state index is 12.7. The summed E-state index contributed by atoms with van der Waals surface area (Å²) in [6.45, 7) is 2.42. The number of carbonyl (C=O) groups is 2. The average molecular weight is 316 g/mol. The molecule has 0 unspecified atom stereocenters. The van der Waals surface area contributed by atoms with Crippen molar-refractivity contribution >= 4 is 11.9 Å². The van der Waals surface area contributed by atoms with E-state index in [4.69, 9.17) is 4.74 Å². The van der Waals surface area contributed by atoms with Crippen LogP contribution in [0.5, 0.6) is 0 Å². The predicted octanol–water partition coefficient (Wildman–Crippen LogP) is 0.501. The van der Waals surface area contributed by atoms with Crippen LogP contribution in [0, 0.1) is 6.92 Å². The fourth-order valence-electron chi connectivity index (χ4n) is 2.58. The average Bonchev–Trinajstić information content (AvgIpc) is 3.08. The molecular formula is C15H16N4O4. The van der Waals surface area contributed by atoms with Crippen molar-refractivity contribution in [3.05, 3.63) is 42.0 Å². The third kappa shape index (κ3) is 2.93. The fourth-order valence-corrected chi connectivity index (χ4v) is 2.58. The van der Waals surface area contributed by atoms with Crippen LogP contribution in [-0.4, -0.2) is 62.4 Å². The molecule has 1 saturated heterocycles. The molecule has 23 heavy (non-hydrogen) atoms. The van der Waals surface area contributed by atoms with E-state index in [0.717, 1.165) is 11.3 Å². The molecule has 120 valence electrons. The first kappa shape index (κ1) is 15.2. The van der Waals surface area contributed by atoms with Gasteiger partial charge >= 0.3 is 5.97 Å². The molecule has 8 nitrogen and oxygen atoms in total. The van der Waals surface area contributed by atoms with E-state index >= 15 is 0 Å². The topological polar surface area (TPSA) is 97.5 Å². The number of benzene rings is 1. The maximum atomic E-state index is 12.7. The van der Waals surface area contributed by atoms with Gasteiger partial charge in [-0.1, -0.05) is 0 Å². The molecule has 1 aromatic heterocycles. The number of carboxylic acids is 1. The van der Waals surface area contributed by atoms with E-state index in [-0.39, 0.29) is 19.1 Å². The summed E-state index contributed by atoms with van der Waals surface area (Å²) in [7, 11) is 0. The van der Waals surface area contributed by atoms with Gasteiger partial charge in [-0.15, -0.1) is 0 Å². The first-order valence-electron chi connectivity index (χ1n) is 7.15. The van der Waals surface area contributed by atoms with Gasteiger partial charge in [0.25, 0.3) is 5.91 Å². The smallest absolute Gasteiger partial charge is 0.328 e. The summed E-state index contributed by atoms with van der Waals surface area (Å²) < 4.78 is 6.76. The number of hydrogen-bond donors (Lipinski definition) is 1. The van der Waals surface area contributed by atoms with E-state index in [2.05, 4.69) is 10.1 Å². The van der Waals surface area contributed by atoms with E-state index in [1.165, 1.54) is 11.2 Å². The van der Waals surface area contributed by atoms with E-state index in [1.807, 2.05) is 13.0 Å². The Morgan fingerprint density at radius 3 is 2.87 bits per heavy atom. The summed E-state index contributed by atoms with van der Waals surface area (Å²) in [5.41, 5.74) is 2.01. The van der Waals surface area contributed by atoms with Crippen LogP contribution in [0.3, 0.4) is 0 Å². The van der Waals surface area contributed by atoms with Gasteiger partial charge in [0.05, 0.1) is 18.9 Å². The van der Waals surface area contributed by atoms with E-state index < -0.39 is 12.0 Å². The lowest BCUT2D eigenvalue weighted by Crippen LogP contribution is -2.52. The molecule has 1 aromatic carbocycles. The van der Waals surface area contributed by atoms with Gasteiger partial charge in [0.15, 0.2) is 6.04 Å². The quantitative estimate of drug-likeness (QED) is 0.885. The van der Waals surface area contributed by atoms with Gasteiger partial charge in [-0.2, -0.15) is 5.10 Å². The zero-order valence-corrected chi connectivity index (χ0v) is 12.5. The Balaban J connectivity index is 1.88. The molecule has 8 heteroatoms. The highest BCUT2D eigenvalue weighted by molar-refractivity contribution is 5.98. The van der Waals surface area contributed by atoms with Crippen LogP contribution >= 0.6 is 0 Å². The Hall–Kier alpha value is -2.74. The van der Waals surface area contributed by atoms with Crippen molar-refractivity contribution in [1.82, 2.24) is 19.7 Å². The second-order valence-electron chi connectivity index (χ2n) is 5.27. The Kier molecular flexibility index (Phi) is 4.07. The second kappa shape index (κ2) is 6.17. The number of carboxylic acid groups (broad SMARTS) is 1. The number of carbonyl (C=O) groups excluding carboxylic acids is 1. The number of aromatic nitrogens is 3. The number of rotatable bonds is 3. The number of aryl methyl sites for hydroxylation is 1. The first-order valence-corrected chi connectivity index (χ1v) is 7.15. The van der Waals surface area contributed by atoms with E-state index in [0.29, 0.717) is 12.2 Å². The summed E-state index contributed by atoms with van der Waals surface area (Å²) >= 11 is 0. The molecule has 0 spiro atoms. The SMILES string of the molecule is Cc1cc(-n2cncn2)ccc1C(=O)N1CCOC[C@@H]1C(=O)O. The van der Waals surface area contributed by atoms with Crippen molar-refractivity contribution in [2.75, 3.05) is 19.8 Å². The van der Waals surface area contributed by atoms with Crippen molar-refractivity contribution in [3.8, 4) is 5.69 Å². The molecule has 0 bridgehead atoms. The van der Waals surface area contributed by atoms with Crippen molar-refractivity contribution < 1.29 is 19.4 Å². The zero-order valence-electron chi connectivity index (χ0n) is 12.5. The molecule has 1 aliphatic heterocycles. The van der Waals surface area contributed by atoms with Crippen LogP contribution < -0.4 is 0 Å². The van der Waals surface area contributed by atoms with Gasteiger partial charge in [0, 0.05) is 12.1 Å². The molecule has 0 aliphatic carbocycles. The summed E-state index contributed by atoms with van der Waals surface area (Å²) in [6, 6.07) is 4.30. The highest BCUT2D eigenvalue weighted by Gasteiger charge is 2.33. The number of morpholine rings is 1. The third-order valence-electron chi connectivity index (χ3n) is 3.80. The van der Waals surface area contributed by atoms with Crippen LogP contribution in [0.25, 0.3) is 5.69 Å². The van der Waals surface area contributed by atoms with Crippen LogP contribution in [0.1, 0.15) is 15.9 Å². The third-order valence-corrected chi connectivity index (χ3v) is 3.80. The van der Waals surface area contributed by atoms with Crippen LogP contribution in [0.15, 0.2) is 30.9 Å². The minimum absolute atomic E-state index is 0.0111. The molecular weight excluding hydrogens is 300 g/mol. The molecule has 3 rings (SSSR count). The normalized spacial score (nSPS) is 18.0. The molecule has 0 radical (unpaired) electrons. The van der Waals surface area contributed by atoms with Crippen molar-refractivity contribution in [2.24, 2.45) is 0 Å². The number of amides is 1. The molecule has 0 saturated carbocycles. The fraction of sp³-hybridized carbons (Fsp3) is 0.333. The van der Waals surface area contributed by atoms with E-state index in [9.17, 15) is 14.7 Å². The van der Waals surface area contributed by atoms with Crippen molar-refractivity contribution in [3.63, 3.8) is 0 Å². The van der Waals surface area contributed by atoms with E-state index in [1.54, 1.807) is 23.1 Å². The molecule has 1 fully saturated rings.